The van der Waals surface area contributed by atoms with Gasteiger partial charge in [0.1, 0.15) is 0 Å². The first-order chi connectivity index (χ1) is 7.18. The minimum Gasteiger partial charge on any atom is -0.377 e. The monoisotopic (exact) mass is 212 g/mol. The summed E-state index contributed by atoms with van der Waals surface area (Å²) in [7, 11) is 0. The van der Waals surface area contributed by atoms with Gasteiger partial charge in [-0.3, -0.25) is 0 Å². The van der Waals surface area contributed by atoms with Crippen molar-refractivity contribution >= 4 is 0 Å². The third-order valence-corrected chi connectivity index (χ3v) is 4.08. The molecule has 88 valence electrons. The second-order valence-electron chi connectivity index (χ2n) is 5.49. The molecule has 0 aromatic heterocycles. The molecule has 15 heavy (non-hydrogen) atoms. The number of hydrogen-bond donors (Lipinski definition) is 2. The van der Waals surface area contributed by atoms with Crippen LogP contribution in [0.15, 0.2) is 0 Å². The van der Waals surface area contributed by atoms with E-state index in [0.29, 0.717) is 17.6 Å². The molecule has 2 aliphatic rings. The van der Waals surface area contributed by atoms with Crippen LogP contribution in [-0.2, 0) is 4.74 Å². The number of nitrogens with two attached hydrogens (primary N) is 1. The molecule has 0 aromatic rings. The maximum atomic E-state index is 5.86. The van der Waals surface area contributed by atoms with Crippen LogP contribution in [-0.4, -0.2) is 31.8 Å². The van der Waals surface area contributed by atoms with Crippen LogP contribution in [0.25, 0.3) is 0 Å². The first kappa shape index (κ1) is 11.4. The number of fused-ring (bicyclic) bond motifs is 1. The van der Waals surface area contributed by atoms with Crippen molar-refractivity contribution in [3.05, 3.63) is 0 Å². The van der Waals surface area contributed by atoms with Gasteiger partial charge in [0.2, 0.25) is 0 Å². The van der Waals surface area contributed by atoms with E-state index in [-0.39, 0.29) is 0 Å². The molecular weight excluding hydrogens is 188 g/mol. The Morgan fingerprint density at radius 3 is 3.00 bits per heavy atom. The molecule has 3 unspecified atom stereocenters. The Labute approximate surface area is 92.7 Å². The van der Waals surface area contributed by atoms with Crippen LogP contribution >= 0.6 is 0 Å². The second-order valence-corrected chi connectivity index (χ2v) is 5.49. The van der Waals surface area contributed by atoms with E-state index >= 15 is 0 Å². The minimum absolute atomic E-state index is 0.305. The van der Waals surface area contributed by atoms with Gasteiger partial charge in [0.05, 0.1) is 6.10 Å². The molecule has 0 aromatic carbocycles. The van der Waals surface area contributed by atoms with Crippen LogP contribution in [0.3, 0.4) is 0 Å². The first-order valence-corrected chi connectivity index (χ1v) is 6.23. The highest BCUT2D eigenvalue weighted by atomic mass is 16.5. The lowest BCUT2D eigenvalue weighted by molar-refractivity contribution is -0.192. The van der Waals surface area contributed by atoms with Gasteiger partial charge in [-0.2, -0.15) is 0 Å². The zero-order valence-electron chi connectivity index (χ0n) is 9.96. The Morgan fingerprint density at radius 1 is 1.47 bits per heavy atom. The van der Waals surface area contributed by atoms with Crippen LogP contribution < -0.4 is 11.1 Å². The van der Waals surface area contributed by atoms with E-state index in [4.69, 9.17) is 10.5 Å². The molecule has 0 spiro atoms. The van der Waals surface area contributed by atoms with Crippen molar-refractivity contribution in [2.75, 3.05) is 19.7 Å². The van der Waals surface area contributed by atoms with Gasteiger partial charge in [-0.1, -0.05) is 13.8 Å². The highest BCUT2D eigenvalue weighted by Gasteiger charge is 2.57. The molecule has 3 atom stereocenters. The highest BCUT2D eigenvalue weighted by Crippen LogP contribution is 2.51. The van der Waals surface area contributed by atoms with E-state index in [0.717, 1.165) is 32.0 Å². The molecule has 0 radical (unpaired) electrons. The van der Waals surface area contributed by atoms with Crippen LogP contribution in [0.2, 0.25) is 0 Å². The third kappa shape index (κ3) is 1.93. The van der Waals surface area contributed by atoms with Crippen LogP contribution in [0, 0.1) is 11.3 Å². The molecule has 3 nitrogen and oxygen atoms in total. The Morgan fingerprint density at radius 2 is 2.27 bits per heavy atom. The van der Waals surface area contributed by atoms with Gasteiger partial charge >= 0.3 is 0 Å². The lowest BCUT2D eigenvalue weighted by atomic mass is 9.55. The molecule has 1 saturated heterocycles. The van der Waals surface area contributed by atoms with Crippen molar-refractivity contribution in [2.24, 2.45) is 17.1 Å². The average Bonchev–Trinajstić information content (AvgIpc) is 2.24. The van der Waals surface area contributed by atoms with Crippen molar-refractivity contribution in [1.82, 2.24) is 5.32 Å². The fourth-order valence-corrected chi connectivity index (χ4v) is 3.30. The average molecular weight is 212 g/mol. The van der Waals surface area contributed by atoms with Crippen molar-refractivity contribution in [2.45, 2.75) is 45.3 Å². The second kappa shape index (κ2) is 4.40. The molecular formula is C12H24N2O. The summed E-state index contributed by atoms with van der Waals surface area (Å²) < 4.78 is 5.86. The van der Waals surface area contributed by atoms with Crippen LogP contribution in [0.4, 0.5) is 0 Å². The van der Waals surface area contributed by atoms with E-state index in [2.05, 4.69) is 19.2 Å². The Bertz CT molecular complexity index is 218. The molecule has 0 bridgehead atoms. The van der Waals surface area contributed by atoms with E-state index < -0.39 is 0 Å². The van der Waals surface area contributed by atoms with Gasteiger partial charge in [-0.05, 0) is 32.4 Å². The topological polar surface area (TPSA) is 47.3 Å². The fourth-order valence-electron chi connectivity index (χ4n) is 3.30. The summed E-state index contributed by atoms with van der Waals surface area (Å²) in [4.78, 5) is 0. The molecule has 1 aliphatic heterocycles. The normalized spacial score (nSPS) is 38.2. The largest absolute Gasteiger partial charge is 0.377 e. The van der Waals surface area contributed by atoms with Gasteiger partial charge < -0.3 is 15.8 Å². The molecule has 1 heterocycles. The summed E-state index contributed by atoms with van der Waals surface area (Å²) in [5.41, 5.74) is 5.81. The van der Waals surface area contributed by atoms with Crippen molar-refractivity contribution < 1.29 is 4.74 Å². The number of ether oxygens (including phenoxy) is 1. The lowest BCUT2D eigenvalue weighted by Gasteiger charge is -2.60. The van der Waals surface area contributed by atoms with Gasteiger partial charge in [-0.25, -0.2) is 0 Å². The van der Waals surface area contributed by atoms with E-state index in [1.807, 2.05) is 0 Å². The number of hydrogen-bond acceptors (Lipinski definition) is 3. The maximum absolute atomic E-state index is 5.86. The molecule has 2 rings (SSSR count). The molecule has 3 heteroatoms. The smallest absolute Gasteiger partial charge is 0.0684 e. The highest BCUT2D eigenvalue weighted by molar-refractivity contribution is 5.10. The predicted molar refractivity (Wildman–Crippen MR) is 61.7 cm³/mol. The first-order valence-electron chi connectivity index (χ1n) is 6.23. The number of nitrogens with one attached hydrogen (secondary N) is 1. The Hall–Kier alpha value is -0.120. The summed E-state index contributed by atoms with van der Waals surface area (Å²) in [5, 5.41) is 3.65. The quantitative estimate of drug-likeness (QED) is 0.687. The Balaban J connectivity index is 1.87. The van der Waals surface area contributed by atoms with Crippen molar-refractivity contribution in [3.8, 4) is 0 Å². The third-order valence-electron chi connectivity index (χ3n) is 4.08. The molecule has 0 amide bonds. The van der Waals surface area contributed by atoms with Crippen LogP contribution in [0.5, 0.6) is 0 Å². The molecule has 1 aliphatic carbocycles. The van der Waals surface area contributed by atoms with Gasteiger partial charge in [0.25, 0.3) is 0 Å². The predicted octanol–water partition coefficient (Wildman–Crippen LogP) is 1.13. The molecule has 1 saturated carbocycles. The zero-order valence-corrected chi connectivity index (χ0v) is 9.96. The standard InChI is InChI=1S/C12H24N2O/c1-12(2)10(14-7-4-6-13)9-5-3-8-15-11(9)12/h9-11,14H,3-8,13H2,1-2H3. The van der Waals surface area contributed by atoms with E-state index in [1.54, 1.807) is 0 Å². The number of rotatable bonds is 4. The summed E-state index contributed by atoms with van der Waals surface area (Å²) in [6.07, 6.45) is 4.12. The lowest BCUT2D eigenvalue weighted by Crippen LogP contribution is -2.69. The van der Waals surface area contributed by atoms with E-state index in [1.165, 1.54) is 12.8 Å². The van der Waals surface area contributed by atoms with Gasteiger partial charge in [0, 0.05) is 24.0 Å². The maximum Gasteiger partial charge on any atom is 0.0684 e. The zero-order chi connectivity index (χ0) is 10.9. The SMILES string of the molecule is CC1(C)C(NCCCN)C2CCCOC21. The summed E-state index contributed by atoms with van der Waals surface area (Å²) in [6, 6.07) is 0.634. The molecule has 3 N–H and O–H groups in total. The fraction of sp³-hybridized carbons (Fsp3) is 1.00. The van der Waals surface area contributed by atoms with Crippen molar-refractivity contribution in [1.29, 1.82) is 0 Å². The summed E-state index contributed by atoms with van der Waals surface area (Å²) in [5.74, 6) is 0.742. The van der Waals surface area contributed by atoms with Crippen molar-refractivity contribution in [3.63, 3.8) is 0 Å². The van der Waals surface area contributed by atoms with Gasteiger partial charge in [0.15, 0.2) is 0 Å². The summed E-state index contributed by atoms with van der Waals surface area (Å²) in [6.45, 7) is 7.43. The summed E-state index contributed by atoms with van der Waals surface area (Å²) >= 11 is 0. The van der Waals surface area contributed by atoms with Crippen LogP contribution in [0.1, 0.15) is 33.1 Å². The Kier molecular flexibility index (Phi) is 3.33. The van der Waals surface area contributed by atoms with E-state index in [9.17, 15) is 0 Å². The van der Waals surface area contributed by atoms with Gasteiger partial charge in [-0.15, -0.1) is 0 Å². The molecule has 2 fully saturated rings. The minimum atomic E-state index is 0.305.